The van der Waals surface area contributed by atoms with Crippen LogP contribution in [-0.2, 0) is 5.54 Å². The highest BCUT2D eigenvalue weighted by atomic mass is 32.2. The van der Waals surface area contributed by atoms with Crippen LogP contribution in [0.25, 0.3) is 0 Å². The number of nitrogens with one attached hydrogen (secondary N) is 2. The SMILES string of the molecule is CC1(c2cc(NC(=O)c3c[nH]cn3)ccc2F)CCSC(N)=N1. The van der Waals surface area contributed by atoms with Crippen molar-refractivity contribution in [2.24, 2.45) is 10.7 Å². The van der Waals surface area contributed by atoms with E-state index in [1.807, 2.05) is 6.92 Å². The molecule has 23 heavy (non-hydrogen) atoms. The van der Waals surface area contributed by atoms with Crippen molar-refractivity contribution >= 4 is 28.5 Å². The number of amidine groups is 1. The molecular formula is C15H16FN5OS. The fraction of sp³-hybridized carbons (Fsp3) is 0.267. The molecule has 3 rings (SSSR count). The quantitative estimate of drug-likeness (QED) is 0.804. The van der Waals surface area contributed by atoms with E-state index in [0.29, 0.717) is 22.8 Å². The van der Waals surface area contributed by atoms with E-state index in [9.17, 15) is 9.18 Å². The molecule has 6 nitrogen and oxygen atoms in total. The Morgan fingerprint density at radius 1 is 1.52 bits per heavy atom. The van der Waals surface area contributed by atoms with Gasteiger partial charge in [-0.15, -0.1) is 0 Å². The van der Waals surface area contributed by atoms with Gasteiger partial charge in [-0.25, -0.2) is 9.37 Å². The van der Waals surface area contributed by atoms with Gasteiger partial charge in [-0.05, 0) is 31.5 Å². The third-order valence-corrected chi connectivity index (χ3v) is 4.53. The number of H-pyrrole nitrogens is 1. The number of anilines is 1. The molecule has 1 aliphatic heterocycles. The van der Waals surface area contributed by atoms with E-state index in [0.717, 1.165) is 5.75 Å². The molecule has 1 amide bonds. The molecule has 0 fully saturated rings. The lowest BCUT2D eigenvalue weighted by atomic mass is 9.89. The number of carbonyl (C=O) groups excluding carboxylic acids is 1. The summed E-state index contributed by atoms with van der Waals surface area (Å²) >= 11 is 1.46. The zero-order valence-electron chi connectivity index (χ0n) is 12.5. The second-order valence-corrected chi connectivity index (χ2v) is 6.54. The fourth-order valence-corrected chi connectivity index (χ4v) is 3.45. The van der Waals surface area contributed by atoms with Gasteiger partial charge in [-0.1, -0.05) is 11.8 Å². The van der Waals surface area contributed by atoms with E-state index in [1.54, 1.807) is 6.07 Å². The molecule has 0 saturated carbocycles. The van der Waals surface area contributed by atoms with Crippen LogP contribution in [0.5, 0.6) is 0 Å². The summed E-state index contributed by atoms with van der Waals surface area (Å²) in [5, 5.41) is 3.15. The summed E-state index contributed by atoms with van der Waals surface area (Å²) in [5.74, 6) is 0.0414. The topological polar surface area (TPSA) is 96.2 Å². The Morgan fingerprint density at radius 3 is 3.04 bits per heavy atom. The zero-order valence-corrected chi connectivity index (χ0v) is 13.3. The second kappa shape index (κ2) is 6.04. The molecule has 1 atom stereocenters. The standard InChI is InChI=1S/C15H16FN5OS/c1-15(4-5-23-14(17)21-15)10-6-9(2-3-11(10)16)20-13(22)12-7-18-8-19-12/h2-3,6-8H,4-5H2,1H3,(H2,17,21)(H,18,19)(H,20,22). The molecule has 0 bridgehead atoms. The number of halogens is 1. The van der Waals surface area contributed by atoms with Crippen LogP contribution in [0.3, 0.4) is 0 Å². The van der Waals surface area contributed by atoms with Crippen molar-refractivity contribution in [1.29, 1.82) is 0 Å². The van der Waals surface area contributed by atoms with Gasteiger partial charge in [0.15, 0.2) is 5.17 Å². The predicted octanol–water partition coefficient (Wildman–Crippen LogP) is 2.47. The van der Waals surface area contributed by atoms with Crippen LogP contribution in [0.2, 0.25) is 0 Å². The Bertz CT molecular complexity index is 761. The molecule has 8 heteroatoms. The van der Waals surface area contributed by atoms with Crippen LogP contribution in [0, 0.1) is 5.82 Å². The van der Waals surface area contributed by atoms with Gasteiger partial charge in [0.1, 0.15) is 11.5 Å². The number of aromatic nitrogens is 2. The minimum absolute atomic E-state index is 0.262. The Kier molecular flexibility index (Phi) is 4.08. The van der Waals surface area contributed by atoms with Crippen molar-refractivity contribution < 1.29 is 9.18 Å². The maximum absolute atomic E-state index is 14.3. The molecule has 0 saturated heterocycles. The maximum Gasteiger partial charge on any atom is 0.275 e. The first-order chi connectivity index (χ1) is 11.0. The number of nitrogens with two attached hydrogens (primary N) is 1. The van der Waals surface area contributed by atoms with E-state index in [4.69, 9.17) is 5.73 Å². The number of rotatable bonds is 3. The van der Waals surface area contributed by atoms with Crippen LogP contribution in [0.4, 0.5) is 10.1 Å². The average molecular weight is 333 g/mol. The van der Waals surface area contributed by atoms with Crippen LogP contribution in [0.1, 0.15) is 29.4 Å². The summed E-state index contributed by atoms with van der Waals surface area (Å²) in [6, 6.07) is 4.44. The van der Waals surface area contributed by atoms with Crippen LogP contribution >= 0.6 is 11.8 Å². The largest absolute Gasteiger partial charge is 0.379 e. The second-order valence-electron chi connectivity index (χ2n) is 5.43. The van der Waals surface area contributed by atoms with Crippen LogP contribution < -0.4 is 11.1 Å². The highest BCUT2D eigenvalue weighted by molar-refractivity contribution is 8.13. The first-order valence-corrected chi connectivity index (χ1v) is 8.05. The Morgan fingerprint density at radius 2 is 2.35 bits per heavy atom. The average Bonchev–Trinajstić information content (AvgIpc) is 3.03. The molecule has 1 aromatic heterocycles. The first-order valence-electron chi connectivity index (χ1n) is 7.06. The fourth-order valence-electron chi connectivity index (χ4n) is 2.48. The Balaban J connectivity index is 1.90. The van der Waals surface area contributed by atoms with Gasteiger partial charge in [-0.2, -0.15) is 0 Å². The molecule has 0 spiro atoms. The highest BCUT2D eigenvalue weighted by Gasteiger charge is 2.32. The maximum atomic E-state index is 14.3. The Labute approximate surface area is 136 Å². The van der Waals surface area contributed by atoms with Gasteiger partial charge < -0.3 is 16.0 Å². The van der Waals surface area contributed by atoms with E-state index < -0.39 is 5.54 Å². The molecule has 0 radical (unpaired) electrons. The van der Waals surface area contributed by atoms with Crippen molar-refractivity contribution in [3.63, 3.8) is 0 Å². The molecule has 1 aliphatic rings. The number of nitrogens with zero attached hydrogens (tertiary/aromatic N) is 2. The number of hydrogen-bond donors (Lipinski definition) is 3. The van der Waals surface area contributed by atoms with Crippen molar-refractivity contribution in [2.45, 2.75) is 18.9 Å². The number of imidazole rings is 1. The van der Waals surface area contributed by atoms with Crippen molar-refractivity contribution in [1.82, 2.24) is 9.97 Å². The van der Waals surface area contributed by atoms with Gasteiger partial charge in [0.25, 0.3) is 5.91 Å². The van der Waals surface area contributed by atoms with Crippen molar-refractivity contribution in [3.8, 4) is 0 Å². The smallest absolute Gasteiger partial charge is 0.275 e. The number of benzene rings is 1. The number of thioether (sulfide) groups is 1. The monoisotopic (exact) mass is 333 g/mol. The first kappa shape index (κ1) is 15.5. The molecule has 1 aromatic carbocycles. The highest BCUT2D eigenvalue weighted by Crippen LogP contribution is 2.37. The minimum atomic E-state index is -0.730. The Hall–Kier alpha value is -2.35. The number of amides is 1. The predicted molar refractivity (Wildman–Crippen MR) is 89.0 cm³/mol. The molecule has 0 aliphatic carbocycles. The van der Waals surface area contributed by atoms with E-state index in [2.05, 4.69) is 20.3 Å². The van der Waals surface area contributed by atoms with Gasteiger partial charge in [0.2, 0.25) is 0 Å². The van der Waals surface area contributed by atoms with E-state index in [-0.39, 0.29) is 17.4 Å². The van der Waals surface area contributed by atoms with Crippen molar-refractivity contribution in [3.05, 3.63) is 47.8 Å². The number of hydrogen-bond acceptors (Lipinski definition) is 5. The molecule has 1 unspecified atom stereocenters. The van der Waals surface area contributed by atoms with Gasteiger partial charge in [0.05, 0.1) is 11.9 Å². The molecule has 120 valence electrons. The zero-order chi connectivity index (χ0) is 16.4. The molecule has 4 N–H and O–H groups in total. The number of aliphatic imine (C=N–C) groups is 1. The van der Waals surface area contributed by atoms with E-state index in [1.165, 1.54) is 36.4 Å². The van der Waals surface area contributed by atoms with Crippen LogP contribution in [-0.4, -0.2) is 26.8 Å². The van der Waals surface area contributed by atoms with E-state index >= 15 is 0 Å². The lowest BCUT2D eigenvalue weighted by Gasteiger charge is -2.30. The number of aromatic amines is 1. The third-order valence-electron chi connectivity index (χ3n) is 3.73. The third kappa shape index (κ3) is 3.21. The number of carbonyl (C=O) groups is 1. The molecule has 2 heterocycles. The molecular weight excluding hydrogens is 317 g/mol. The molecule has 2 aromatic rings. The van der Waals surface area contributed by atoms with Crippen LogP contribution in [0.15, 0.2) is 35.7 Å². The van der Waals surface area contributed by atoms with Gasteiger partial charge in [0, 0.05) is 23.2 Å². The normalized spacial score (nSPS) is 20.9. The summed E-state index contributed by atoms with van der Waals surface area (Å²) in [4.78, 5) is 23.0. The summed E-state index contributed by atoms with van der Waals surface area (Å²) in [5.41, 5.74) is 6.23. The summed E-state index contributed by atoms with van der Waals surface area (Å²) in [7, 11) is 0. The summed E-state index contributed by atoms with van der Waals surface area (Å²) in [6.45, 7) is 1.84. The lowest BCUT2D eigenvalue weighted by molar-refractivity contribution is 0.102. The summed E-state index contributed by atoms with van der Waals surface area (Å²) < 4.78 is 14.3. The van der Waals surface area contributed by atoms with Gasteiger partial charge >= 0.3 is 0 Å². The van der Waals surface area contributed by atoms with Crippen molar-refractivity contribution in [2.75, 3.05) is 11.1 Å². The lowest BCUT2D eigenvalue weighted by Crippen LogP contribution is -2.29. The summed E-state index contributed by atoms with van der Waals surface area (Å²) in [6.07, 6.45) is 3.58. The minimum Gasteiger partial charge on any atom is -0.379 e. The van der Waals surface area contributed by atoms with Gasteiger partial charge in [-0.3, -0.25) is 9.79 Å².